The number of hydrogen-bond donors (Lipinski definition) is 0. The van der Waals surface area contributed by atoms with Crippen LogP contribution in [0.1, 0.15) is 16.8 Å². The van der Waals surface area contributed by atoms with Gasteiger partial charge in [-0.15, -0.1) is 0 Å². The normalized spacial score (nSPS) is 16.4. The number of benzene rings is 1. The maximum Gasteiger partial charge on any atom is 0.249 e. The van der Waals surface area contributed by atoms with Gasteiger partial charge in [-0.25, -0.2) is 4.98 Å². The third kappa shape index (κ3) is 1.77. The molecule has 94 valence electrons. The molecular formula is C14H18N2OSi. The van der Waals surface area contributed by atoms with Crippen LogP contribution in [0.25, 0.3) is 5.69 Å². The number of imidazole rings is 1. The summed E-state index contributed by atoms with van der Waals surface area (Å²) < 4.78 is 8.32. The van der Waals surface area contributed by atoms with Gasteiger partial charge in [0.1, 0.15) is 5.75 Å². The topological polar surface area (TPSA) is 27.1 Å². The van der Waals surface area contributed by atoms with E-state index in [2.05, 4.69) is 41.7 Å². The molecule has 0 fully saturated rings. The van der Waals surface area contributed by atoms with E-state index in [0.717, 1.165) is 23.2 Å². The molecule has 0 N–H and O–H groups in total. The first kappa shape index (κ1) is 11.5. The van der Waals surface area contributed by atoms with E-state index in [1.54, 1.807) is 0 Å². The van der Waals surface area contributed by atoms with Gasteiger partial charge in [0.2, 0.25) is 8.32 Å². The van der Waals surface area contributed by atoms with Crippen LogP contribution in [-0.2, 0) is 6.04 Å². The smallest absolute Gasteiger partial charge is 0.249 e. The largest absolute Gasteiger partial charge is 0.542 e. The van der Waals surface area contributed by atoms with E-state index in [9.17, 15) is 0 Å². The second-order valence-corrected chi connectivity index (χ2v) is 9.75. The summed E-state index contributed by atoms with van der Waals surface area (Å²) in [6, 6.07) is 5.42. The molecule has 0 saturated carbocycles. The third-order valence-corrected chi connectivity index (χ3v) is 5.41. The molecule has 2 heterocycles. The van der Waals surface area contributed by atoms with Gasteiger partial charge in [0.25, 0.3) is 0 Å². The molecule has 0 spiro atoms. The molecule has 1 aliphatic heterocycles. The van der Waals surface area contributed by atoms with Crippen molar-refractivity contribution in [1.82, 2.24) is 9.55 Å². The van der Waals surface area contributed by atoms with Gasteiger partial charge < -0.3 is 8.99 Å². The fourth-order valence-electron chi connectivity index (χ4n) is 2.54. The van der Waals surface area contributed by atoms with Gasteiger partial charge in [-0.3, -0.25) is 0 Å². The molecule has 0 radical (unpaired) electrons. The standard InChI is InChI=1S/C14H18N2OSi/c1-10-5-6-13(16-7-11(2)15-9-16)14-12(10)8-18(3,4)17-14/h5-7,9H,8H2,1-4H3. The van der Waals surface area contributed by atoms with Gasteiger partial charge in [-0.1, -0.05) is 6.07 Å². The molecule has 1 aliphatic rings. The number of rotatable bonds is 1. The van der Waals surface area contributed by atoms with E-state index in [4.69, 9.17) is 4.43 Å². The Morgan fingerprint density at radius 1 is 1.28 bits per heavy atom. The van der Waals surface area contributed by atoms with Crippen LogP contribution in [0.15, 0.2) is 24.7 Å². The Morgan fingerprint density at radius 2 is 2.06 bits per heavy atom. The molecule has 0 amide bonds. The summed E-state index contributed by atoms with van der Waals surface area (Å²) in [5.74, 6) is 1.07. The molecule has 0 aliphatic carbocycles. The zero-order valence-electron chi connectivity index (χ0n) is 11.3. The quantitative estimate of drug-likeness (QED) is 0.735. The van der Waals surface area contributed by atoms with Crippen LogP contribution >= 0.6 is 0 Å². The number of hydrogen-bond acceptors (Lipinski definition) is 2. The summed E-state index contributed by atoms with van der Waals surface area (Å²) in [5, 5.41) is 0. The van der Waals surface area contributed by atoms with Crippen LogP contribution in [0.4, 0.5) is 0 Å². The van der Waals surface area contributed by atoms with Gasteiger partial charge in [-0.05, 0) is 44.1 Å². The highest BCUT2D eigenvalue weighted by molar-refractivity contribution is 6.72. The fourth-order valence-corrected chi connectivity index (χ4v) is 4.69. The Morgan fingerprint density at radius 3 is 2.72 bits per heavy atom. The van der Waals surface area contributed by atoms with E-state index < -0.39 is 8.32 Å². The Hall–Kier alpha value is -1.55. The molecule has 3 rings (SSSR count). The van der Waals surface area contributed by atoms with E-state index in [1.807, 2.05) is 19.4 Å². The Balaban J connectivity index is 2.17. The Kier molecular flexibility index (Phi) is 2.38. The molecule has 1 aromatic heterocycles. The Bertz CT molecular complexity index is 616. The van der Waals surface area contributed by atoms with Gasteiger partial charge in [0, 0.05) is 12.2 Å². The molecular weight excluding hydrogens is 240 g/mol. The van der Waals surface area contributed by atoms with Crippen molar-refractivity contribution in [3.8, 4) is 11.4 Å². The van der Waals surface area contributed by atoms with Crippen molar-refractivity contribution in [3.05, 3.63) is 41.5 Å². The molecule has 0 atom stereocenters. The summed E-state index contributed by atoms with van der Waals surface area (Å²) in [6.07, 6.45) is 3.90. The molecule has 0 unspecified atom stereocenters. The summed E-state index contributed by atoms with van der Waals surface area (Å²) in [6.45, 7) is 8.72. The predicted octanol–water partition coefficient (Wildman–Crippen LogP) is 3.17. The second kappa shape index (κ2) is 3.72. The monoisotopic (exact) mass is 258 g/mol. The van der Waals surface area contributed by atoms with Gasteiger partial charge in [-0.2, -0.15) is 0 Å². The minimum Gasteiger partial charge on any atom is -0.542 e. The first-order valence-corrected chi connectivity index (χ1v) is 9.40. The predicted molar refractivity (Wildman–Crippen MR) is 74.9 cm³/mol. The van der Waals surface area contributed by atoms with Crippen molar-refractivity contribution in [2.45, 2.75) is 33.0 Å². The summed E-state index contributed by atoms with van der Waals surface area (Å²) in [7, 11) is -1.57. The van der Waals surface area contributed by atoms with Crippen LogP contribution in [0.5, 0.6) is 5.75 Å². The minimum atomic E-state index is -1.57. The van der Waals surface area contributed by atoms with Gasteiger partial charge >= 0.3 is 0 Å². The first-order valence-electron chi connectivity index (χ1n) is 6.29. The highest BCUT2D eigenvalue weighted by Crippen LogP contribution is 2.39. The van der Waals surface area contributed by atoms with Crippen molar-refractivity contribution in [2.75, 3.05) is 0 Å². The minimum absolute atomic E-state index is 1.03. The van der Waals surface area contributed by atoms with Crippen LogP contribution in [0.2, 0.25) is 13.1 Å². The second-order valence-electron chi connectivity index (χ2n) is 5.67. The fraction of sp³-hybridized carbons (Fsp3) is 0.357. The van der Waals surface area contributed by atoms with Crippen LogP contribution in [0, 0.1) is 13.8 Å². The van der Waals surface area contributed by atoms with Crippen molar-refractivity contribution >= 4 is 8.32 Å². The molecule has 2 aromatic rings. The van der Waals surface area contributed by atoms with E-state index >= 15 is 0 Å². The first-order chi connectivity index (χ1) is 8.46. The average molecular weight is 258 g/mol. The molecule has 0 saturated heterocycles. The molecule has 3 nitrogen and oxygen atoms in total. The van der Waals surface area contributed by atoms with Crippen LogP contribution < -0.4 is 4.43 Å². The molecule has 1 aromatic carbocycles. The third-order valence-electron chi connectivity index (χ3n) is 3.44. The van der Waals surface area contributed by atoms with Crippen molar-refractivity contribution < 1.29 is 4.43 Å². The van der Waals surface area contributed by atoms with Gasteiger partial charge in [0.05, 0.1) is 17.7 Å². The Labute approximate surface area is 109 Å². The van der Waals surface area contributed by atoms with Crippen LogP contribution in [0.3, 0.4) is 0 Å². The molecule has 0 bridgehead atoms. The zero-order chi connectivity index (χ0) is 12.9. The van der Waals surface area contributed by atoms with Crippen LogP contribution in [-0.4, -0.2) is 17.9 Å². The summed E-state index contributed by atoms with van der Waals surface area (Å²) >= 11 is 0. The summed E-state index contributed by atoms with van der Waals surface area (Å²) in [5.41, 5.74) is 4.87. The lowest BCUT2D eigenvalue weighted by atomic mass is 10.1. The number of nitrogens with zero attached hydrogens (tertiary/aromatic N) is 2. The highest BCUT2D eigenvalue weighted by atomic mass is 28.4. The maximum absolute atomic E-state index is 6.26. The molecule has 18 heavy (non-hydrogen) atoms. The van der Waals surface area contributed by atoms with Gasteiger partial charge in [0.15, 0.2) is 0 Å². The average Bonchev–Trinajstić information content (AvgIpc) is 2.82. The number of aryl methyl sites for hydroxylation is 2. The van der Waals surface area contributed by atoms with Crippen molar-refractivity contribution in [2.24, 2.45) is 0 Å². The van der Waals surface area contributed by atoms with E-state index in [1.165, 1.54) is 11.1 Å². The molecule has 4 heteroatoms. The number of fused-ring (bicyclic) bond motifs is 1. The SMILES string of the molecule is Cc1cn(-c2ccc(C)c3c2O[Si](C)(C)C3)cn1. The van der Waals surface area contributed by atoms with Crippen molar-refractivity contribution in [3.63, 3.8) is 0 Å². The number of aromatic nitrogens is 2. The highest BCUT2D eigenvalue weighted by Gasteiger charge is 2.36. The maximum atomic E-state index is 6.26. The lowest BCUT2D eigenvalue weighted by Gasteiger charge is -2.16. The summed E-state index contributed by atoms with van der Waals surface area (Å²) in [4.78, 5) is 4.30. The zero-order valence-corrected chi connectivity index (χ0v) is 12.3. The lowest BCUT2D eigenvalue weighted by Crippen LogP contribution is -2.32. The van der Waals surface area contributed by atoms with E-state index in [-0.39, 0.29) is 0 Å². The van der Waals surface area contributed by atoms with Crippen molar-refractivity contribution in [1.29, 1.82) is 0 Å². The lowest BCUT2D eigenvalue weighted by molar-refractivity contribution is 0.568. The van der Waals surface area contributed by atoms with E-state index in [0.29, 0.717) is 0 Å².